The van der Waals surface area contributed by atoms with Crippen molar-refractivity contribution >= 4 is 29.4 Å². The van der Waals surface area contributed by atoms with Crippen LogP contribution in [0, 0.1) is 0 Å². The van der Waals surface area contributed by atoms with Crippen molar-refractivity contribution in [2.75, 3.05) is 0 Å². The molecule has 0 saturated carbocycles. The Labute approximate surface area is 92.3 Å². The summed E-state index contributed by atoms with van der Waals surface area (Å²) in [7, 11) is 0. The van der Waals surface area contributed by atoms with Crippen molar-refractivity contribution in [2.24, 2.45) is 0 Å². The first-order valence-electron chi connectivity index (χ1n) is 3.99. The van der Waals surface area contributed by atoms with Crippen LogP contribution in [-0.2, 0) is 9.47 Å². The lowest BCUT2D eigenvalue weighted by Gasteiger charge is -2.29. The monoisotopic (exact) mass is 236 g/mol. The first kappa shape index (κ1) is 11.4. The van der Waals surface area contributed by atoms with E-state index in [0.717, 1.165) is 0 Å². The number of hydrogen-bond donors (Lipinski definition) is 0. The highest BCUT2D eigenvalue weighted by Gasteiger charge is 2.60. The van der Waals surface area contributed by atoms with E-state index in [1.54, 1.807) is 0 Å². The minimum Gasteiger partial charge on any atom is -0.405 e. The molecule has 0 spiro atoms. The molecule has 0 aromatic rings. The smallest absolute Gasteiger partial charge is 0.405 e. The standard InChI is InChI=1S/C9H10Cl2O3/c1-3-5-8(10)9(11,6-4-2)14-7(12)13-8/h3-4H,1-2,5-6H2. The SMILES string of the molecule is C=CCC1(Cl)OC(=O)OC1(Cl)CC=C. The van der Waals surface area contributed by atoms with Gasteiger partial charge in [-0.15, -0.1) is 13.2 Å². The second-order valence-corrected chi connectivity index (χ2v) is 4.12. The van der Waals surface area contributed by atoms with Crippen LogP contribution in [-0.4, -0.2) is 16.3 Å². The molecule has 0 bridgehead atoms. The van der Waals surface area contributed by atoms with Crippen molar-refractivity contribution in [3.8, 4) is 0 Å². The Bertz CT molecular complexity index is 253. The van der Waals surface area contributed by atoms with Gasteiger partial charge in [-0.2, -0.15) is 0 Å². The summed E-state index contributed by atoms with van der Waals surface area (Å²) >= 11 is 12.1. The molecule has 1 aliphatic rings. The molecule has 2 unspecified atom stereocenters. The van der Waals surface area contributed by atoms with Gasteiger partial charge >= 0.3 is 6.16 Å². The van der Waals surface area contributed by atoms with Gasteiger partial charge < -0.3 is 9.47 Å². The molecule has 2 atom stereocenters. The molecule has 14 heavy (non-hydrogen) atoms. The van der Waals surface area contributed by atoms with Gasteiger partial charge in [-0.25, -0.2) is 4.79 Å². The Morgan fingerprint density at radius 3 is 1.79 bits per heavy atom. The van der Waals surface area contributed by atoms with Crippen molar-refractivity contribution in [1.82, 2.24) is 0 Å². The molecule has 0 aromatic heterocycles. The highest BCUT2D eigenvalue weighted by molar-refractivity contribution is 6.34. The Morgan fingerprint density at radius 2 is 1.50 bits per heavy atom. The molecule has 3 nitrogen and oxygen atoms in total. The zero-order valence-electron chi connectivity index (χ0n) is 7.46. The third-order valence-corrected chi connectivity index (χ3v) is 3.03. The lowest BCUT2D eigenvalue weighted by Crippen LogP contribution is -2.42. The molecule has 0 radical (unpaired) electrons. The molecule has 1 heterocycles. The van der Waals surface area contributed by atoms with Gasteiger partial charge in [0.1, 0.15) is 0 Å². The van der Waals surface area contributed by atoms with Gasteiger partial charge in [0.05, 0.1) is 0 Å². The summed E-state index contributed by atoms with van der Waals surface area (Å²) in [5.74, 6) is 0. The summed E-state index contributed by atoms with van der Waals surface area (Å²) in [6.07, 6.45) is 2.55. The normalized spacial score (nSPS) is 36.0. The Morgan fingerprint density at radius 1 is 1.14 bits per heavy atom. The summed E-state index contributed by atoms with van der Waals surface area (Å²) < 4.78 is 9.62. The van der Waals surface area contributed by atoms with E-state index in [1.165, 1.54) is 12.2 Å². The predicted molar refractivity (Wildman–Crippen MR) is 54.4 cm³/mol. The number of hydrogen-bond acceptors (Lipinski definition) is 3. The van der Waals surface area contributed by atoms with Gasteiger partial charge in [0.2, 0.25) is 10.1 Å². The zero-order chi connectivity index (χ0) is 10.8. The maximum Gasteiger partial charge on any atom is 0.512 e. The molecule has 1 aliphatic heterocycles. The fourth-order valence-electron chi connectivity index (χ4n) is 1.20. The molecule has 0 aliphatic carbocycles. The van der Waals surface area contributed by atoms with E-state index < -0.39 is 16.3 Å². The molecule has 0 amide bonds. The van der Waals surface area contributed by atoms with Gasteiger partial charge in [-0.1, -0.05) is 35.4 Å². The molecule has 0 aromatic carbocycles. The molecule has 1 fully saturated rings. The highest BCUT2D eigenvalue weighted by Crippen LogP contribution is 2.48. The average molecular weight is 237 g/mol. The molecule has 1 rings (SSSR count). The lowest BCUT2D eigenvalue weighted by molar-refractivity contribution is 0.0857. The average Bonchev–Trinajstić information content (AvgIpc) is 2.23. The van der Waals surface area contributed by atoms with Crippen LogP contribution in [0.2, 0.25) is 0 Å². The maximum atomic E-state index is 10.9. The molecule has 0 N–H and O–H groups in total. The van der Waals surface area contributed by atoms with E-state index in [1.807, 2.05) is 0 Å². The van der Waals surface area contributed by atoms with Gasteiger partial charge in [-0.3, -0.25) is 0 Å². The van der Waals surface area contributed by atoms with E-state index in [2.05, 4.69) is 13.2 Å². The number of carbonyl (C=O) groups is 1. The van der Waals surface area contributed by atoms with E-state index in [0.29, 0.717) is 0 Å². The van der Waals surface area contributed by atoms with Crippen molar-refractivity contribution in [3.63, 3.8) is 0 Å². The highest BCUT2D eigenvalue weighted by atomic mass is 35.5. The van der Waals surface area contributed by atoms with Crippen LogP contribution in [0.5, 0.6) is 0 Å². The van der Waals surface area contributed by atoms with Gasteiger partial charge in [0.25, 0.3) is 0 Å². The summed E-state index contributed by atoms with van der Waals surface area (Å²) in [6, 6.07) is 0. The fraction of sp³-hybridized carbons (Fsp3) is 0.444. The van der Waals surface area contributed by atoms with Crippen molar-refractivity contribution in [1.29, 1.82) is 0 Å². The number of cyclic esters (lactones) is 2. The fourth-order valence-corrected chi connectivity index (χ4v) is 1.77. The second kappa shape index (κ2) is 3.83. The van der Waals surface area contributed by atoms with E-state index in [4.69, 9.17) is 32.7 Å². The van der Waals surface area contributed by atoms with Gasteiger partial charge in [0.15, 0.2) is 0 Å². The van der Waals surface area contributed by atoms with Gasteiger partial charge in [0, 0.05) is 12.8 Å². The quantitative estimate of drug-likeness (QED) is 0.428. The summed E-state index contributed by atoms with van der Waals surface area (Å²) in [5, 5.41) is -2.80. The number of carbonyl (C=O) groups excluding carboxylic acids is 1. The lowest BCUT2D eigenvalue weighted by atomic mass is 10.1. The van der Waals surface area contributed by atoms with Crippen LogP contribution >= 0.6 is 23.2 Å². The molecular formula is C9H10Cl2O3. The van der Waals surface area contributed by atoms with Crippen molar-refractivity contribution in [3.05, 3.63) is 25.3 Å². The molecule has 5 heteroatoms. The second-order valence-electron chi connectivity index (χ2n) is 2.90. The summed E-state index contributed by atoms with van der Waals surface area (Å²) in [6.45, 7) is 7.01. The predicted octanol–water partition coefficient (Wildman–Crippen LogP) is 3.18. The number of halogens is 2. The van der Waals surface area contributed by atoms with Crippen LogP contribution in [0.15, 0.2) is 25.3 Å². The molecule has 1 saturated heterocycles. The van der Waals surface area contributed by atoms with E-state index in [9.17, 15) is 4.79 Å². The van der Waals surface area contributed by atoms with Crippen LogP contribution in [0.3, 0.4) is 0 Å². The summed E-state index contributed by atoms with van der Waals surface area (Å²) in [4.78, 5) is 10.9. The maximum absolute atomic E-state index is 10.9. The largest absolute Gasteiger partial charge is 0.512 e. The Hall–Kier alpha value is -0.670. The third-order valence-electron chi connectivity index (χ3n) is 1.86. The number of alkyl halides is 2. The number of ether oxygens (including phenoxy) is 2. The minimum absolute atomic E-state index is 0.206. The van der Waals surface area contributed by atoms with Crippen molar-refractivity contribution < 1.29 is 14.3 Å². The van der Waals surface area contributed by atoms with Crippen LogP contribution in [0.1, 0.15) is 12.8 Å². The number of rotatable bonds is 4. The summed E-state index contributed by atoms with van der Waals surface area (Å²) in [5.41, 5.74) is 0. The van der Waals surface area contributed by atoms with Crippen molar-refractivity contribution in [2.45, 2.75) is 23.0 Å². The van der Waals surface area contributed by atoms with E-state index >= 15 is 0 Å². The van der Waals surface area contributed by atoms with Crippen LogP contribution < -0.4 is 0 Å². The topological polar surface area (TPSA) is 35.5 Å². The molecular weight excluding hydrogens is 227 g/mol. The third kappa shape index (κ3) is 1.74. The van der Waals surface area contributed by atoms with Gasteiger partial charge in [-0.05, 0) is 0 Å². The first-order chi connectivity index (χ1) is 6.47. The zero-order valence-corrected chi connectivity index (χ0v) is 8.98. The Balaban J connectivity index is 2.96. The minimum atomic E-state index is -1.40. The van der Waals surface area contributed by atoms with E-state index in [-0.39, 0.29) is 12.8 Å². The van der Waals surface area contributed by atoms with Crippen LogP contribution in [0.25, 0.3) is 0 Å². The first-order valence-corrected chi connectivity index (χ1v) is 4.74. The van der Waals surface area contributed by atoms with Crippen LogP contribution in [0.4, 0.5) is 4.79 Å². The Kier molecular flexibility index (Phi) is 3.12. The molecule has 78 valence electrons.